The average molecular weight is 292 g/mol. The first-order chi connectivity index (χ1) is 9.49. The Morgan fingerprint density at radius 1 is 1.45 bits per heavy atom. The van der Waals surface area contributed by atoms with Crippen LogP contribution in [0.2, 0.25) is 0 Å². The number of thiazole rings is 1. The highest BCUT2D eigenvalue weighted by Gasteiger charge is 2.15. The van der Waals surface area contributed by atoms with Crippen LogP contribution >= 0.6 is 11.3 Å². The van der Waals surface area contributed by atoms with E-state index in [9.17, 15) is 9.18 Å². The van der Waals surface area contributed by atoms with Gasteiger partial charge in [-0.3, -0.25) is 4.79 Å². The Bertz CT molecular complexity index is 620. The summed E-state index contributed by atoms with van der Waals surface area (Å²) in [6, 6.07) is 4.39. The third-order valence-electron chi connectivity index (χ3n) is 3.00. The van der Waals surface area contributed by atoms with Gasteiger partial charge in [-0.2, -0.15) is 0 Å². The molecule has 5 heteroatoms. The van der Waals surface area contributed by atoms with E-state index in [1.54, 1.807) is 12.1 Å². The predicted molar refractivity (Wildman–Crippen MR) is 80.3 cm³/mol. The fourth-order valence-corrected chi connectivity index (χ4v) is 2.43. The van der Waals surface area contributed by atoms with E-state index >= 15 is 0 Å². The van der Waals surface area contributed by atoms with Gasteiger partial charge in [0.05, 0.1) is 10.4 Å². The lowest BCUT2D eigenvalue weighted by atomic mass is 10.1. The highest BCUT2D eigenvalue weighted by molar-refractivity contribution is 7.13. The quantitative estimate of drug-likeness (QED) is 0.668. The maximum atomic E-state index is 13.6. The van der Waals surface area contributed by atoms with Gasteiger partial charge in [0.25, 0.3) is 0 Å². The summed E-state index contributed by atoms with van der Waals surface area (Å²) < 4.78 is 13.6. The van der Waals surface area contributed by atoms with Gasteiger partial charge in [-0.25, -0.2) is 9.37 Å². The SMILES string of the molecule is CC(=O)c1ncsc1-c1ccc(N)cc1F.CC1CC1. The molecule has 2 aromatic rings. The van der Waals surface area contributed by atoms with Crippen molar-refractivity contribution in [3.8, 4) is 10.4 Å². The van der Waals surface area contributed by atoms with Crippen molar-refractivity contribution >= 4 is 22.8 Å². The van der Waals surface area contributed by atoms with Gasteiger partial charge in [0.2, 0.25) is 0 Å². The number of nitrogen functional groups attached to an aromatic ring is 1. The molecule has 1 fully saturated rings. The number of rotatable bonds is 2. The van der Waals surface area contributed by atoms with Crippen LogP contribution in [0, 0.1) is 11.7 Å². The van der Waals surface area contributed by atoms with Crippen LogP contribution in [0.15, 0.2) is 23.7 Å². The van der Waals surface area contributed by atoms with Crippen LogP contribution < -0.4 is 5.73 Å². The van der Waals surface area contributed by atoms with Crippen LogP contribution in [0.1, 0.15) is 37.2 Å². The summed E-state index contributed by atoms with van der Waals surface area (Å²) in [4.78, 5) is 15.7. The molecule has 2 N–H and O–H groups in total. The summed E-state index contributed by atoms with van der Waals surface area (Å²) in [6.45, 7) is 3.69. The number of benzene rings is 1. The Balaban J connectivity index is 0.000000315. The second-order valence-electron chi connectivity index (χ2n) is 5.01. The zero-order valence-corrected chi connectivity index (χ0v) is 12.3. The minimum absolute atomic E-state index is 0.174. The largest absolute Gasteiger partial charge is 0.399 e. The van der Waals surface area contributed by atoms with Gasteiger partial charge in [-0.05, 0) is 24.1 Å². The number of Topliss-reactive ketones (excluding diaryl/α,β-unsaturated/α-hetero) is 1. The number of hydrogen-bond donors (Lipinski definition) is 1. The topological polar surface area (TPSA) is 56.0 Å². The third-order valence-corrected chi connectivity index (χ3v) is 3.86. The summed E-state index contributed by atoms with van der Waals surface area (Å²) in [7, 11) is 0. The number of anilines is 1. The molecule has 1 aromatic carbocycles. The van der Waals surface area contributed by atoms with E-state index in [1.807, 2.05) is 0 Å². The van der Waals surface area contributed by atoms with Gasteiger partial charge in [-0.15, -0.1) is 11.3 Å². The molecule has 1 aliphatic rings. The number of carbonyl (C=O) groups is 1. The van der Waals surface area contributed by atoms with Crippen molar-refractivity contribution < 1.29 is 9.18 Å². The lowest BCUT2D eigenvalue weighted by Crippen LogP contribution is -1.96. The molecule has 3 rings (SSSR count). The maximum absolute atomic E-state index is 13.6. The Labute approximate surface area is 121 Å². The van der Waals surface area contributed by atoms with Gasteiger partial charge < -0.3 is 5.73 Å². The van der Waals surface area contributed by atoms with Crippen LogP contribution in [0.4, 0.5) is 10.1 Å². The molecule has 1 aromatic heterocycles. The second kappa shape index (κ2) is 6.13. The predicted octanol–water partition coefficient (Wildman–Crippen LogP) is 4.15. The molecule has 1 heterocycles. The van der Waals surface area contributed by atoms with E-state index in [2.05, 4.69) is 11.9 Å². The summed E-state index contributed by atoms with van der Waals surface area (Å²) in [5.41, 5.74) is 8.01. The smallest absolute Gasteiger partial charge is 0.179 e. The van der Waals surface area contributed by atoms with Gasteiger partial charge in [0.1, 0.15) is 11.5 Å². The van der Waals surface area contributed by atoms with Crippen molar-refractivity contribution in [3.63, 3.8) is 0 Å². The number of carbonyl (C=O) groups excluding carboxylic acids is 1. The Morgan fingerprint density at radius 2 is 2.10 bits per heavy atom. The zero-order chi connectivity index (χ0) is 14.7. The van der Waals surface area contributed by atoms with E-state index in [1.165, 1.54) is 42.7 Å². The molecule has 0 atom stereocenters. The number of ketones is 1. The minimum atomic E-state index is -0.438. The lowest BCUT2D eigenvalue weighted by molar-refractivity contribution is 0.101. The van der Waals surface area contributed by atoms with Gasteiger partial charge in [-0.1, -0.05) is 19.8 Å². The van der Waals surface area contributed by atoms with Crippen molar-refractivity contribution in [1.29, 1.82) is 0 Å². The molecule has 0 unspecified atom stereocenters. The first kappa shape index (κ1) is 14.7. The normalized spacial score (nSPS) is 13.6. The highest BCUT2D eigenvalue weighted by atomic mass is 32.1. The van der Waals surface area contributed by atoms with Crippen molar-refractivity contribution in [2.24, 2.45) is 5.92 Å². The lowest BCUT2D eigenvalue weighted by Gasteiger charge is -2.02. The molecule has 1 saturated carbocycles. The molecule has 1 aliphatic carbocycles. The molecule has 0 radical (unpaired) electrons. The molecular weight excluding hydrogens is 275 g/mol. The van der Waals surface area contributed by atoms with Gasteiger partial charge >= 0.3 is 0 Å². The zero-order valence-electron chi connectivity index (χ0n) is 11.5. The van der Waals surface area contributed by atoms with Gasteiger partial charge in [0.15, 0.2) is 5.78 Å². The summed E-state index contributed by atoms with van der Waals surface area (Å²) in [6.07, 6.45) is 2.97. The summed E-state index contributed by atoms with van der Waals surface area (Å²) in [5, 5.41) is 0. The third kappa shape index (κ3) is 3.63. The number of hydrogen-bond acceptors (Lipinski definition) is 4. The Hall–Kier alpha value is -1.75. The number of aromatic nitrogens is 1. The highest BCUT2D eigenvalue weighted by Crippen LogP contribution is 2.31. The Kier molecular flexibility index (Phi) is 4.49. The van der Waals surface area contributed by atoms with Crippen LogP contribution in [-0.2, 0) is 0 Å². The molecule has 0 aliphatic heterocycles. The fourth-order valence-electron chi connectivity index (χ4n) is 1.57. The van der Waals surface area contributed by atoms with Gasteiger partial charge in [0, 0.05) is 18.2 Å². The molecule has 106 valence electrons. The van der Waals surface area contributed by atoms with Crippen LogP contribution in [-0.4, -0.2) is 10.8 Å². The number of nitrogens with zero attached hydrogens (tertiary/aromatic N) is 1. The van der Waals surface area contributed by atoms with E-state index in [0.29, 0.717) is 21.8 Å². The molecule has 0 spiro atoms. The van der Waals surface area contributed by atoms with Crippen molar-refractivity contribution in [1.82, 2.24) is 4.98 Å². The standard InChI is InChI=1S/C11H9FN2OS.C4H8/c1-6(15)10-11(16-5-14-10)8-3-2-7(13)4-9(8)12;1-4-2-3-4/h2-5H,13H2,1H3;4H,2-3H2,1H3. The van der Waals surface area contributed by atoms with Crippen LogP contribution in [0.5, 0.6) is 0 Å². The van der Waals surface area contributed by atoms with Crippen molar-refractivity contribution in [2.45, 2.75) is 26.7 Å². The Morgan fingerprint density at radius 3 is 2.60 bits per heavy atom. The summed E-state index contributed by atoms with van der Waals surface area (Å²) in [5.74, 6) is 0.472. The molecule has 0 saturated heterocycles. The van der Waals surface area contributed by atoms with Crippen molar-refractivity contribution in [2.75, 3.05) is 5.73 Å². The summed E-state index contributed by atoms with van der Waals surface area (Å²) >= 11 is 1.24. The van der Waals surface area contributed by atoms with Crippen molar-refractivity contribution in [3.05, 3.63) is 35.2 Å². The van der Waals surface area contributed by atoms with E-state index in [-0.39, 0.29) is 5.78 Å². The second-order valence-corrected chi connectivity index (χ2v) is 5.86. The number of halogens is 1. The monoisotopic (exact) mass is 292 g/mol. The number of nitrogens with two attached hydrogens (primary N) is 1. The first-order valence-corrected chi connectivity index (χ1v) is 7.36. The van der Waals surface area contributed by atoms with Crippen LogP contribution in [0.3, 0.4) is 0 Å². The molecule has 20 heavy (non-hydrogen) atoms. The molecular formula is C15H17FN2OS. The first-order valence-electron chi connectivity index (χ1n) is 6.49. The molecule has 3 nitrogen and oxygen atoms in total. The van der Waals surface area contributed by atoms with E-state index in [4.69, 9.17) is 5.73 Å². The maximum Gasteiger partial charge on any atom is 0.179 e. The van der Waals surface area contributed by atoms with E-state index in [0.717, 1.165) is 5.92 Å². The van der Waals surface area contributed by atoms with E-state index < -0.39 is 5.82 Å². The average Bonchev–Trinajstić information content (AvgIpc) is 3.01. The minimum Gasteiger partial charge on any atom is -0.399 e. The molecule has 0 amide bonds. The van der Waals surface area contributed by atoms with Crippen LogP contribution in [0.25, 0.3) is 10.4 Å². The fraction of sp³-hybridized carbons (Fsp3) is 0.333. The molecule has 0 bridgehead atoms.